The molecule has 2 nitrogen and oxygen atoms in total. The fraction of sp³-hybridized carbons (Fsp3) is 0.167. The number of rotatable bonds is 2. The average molecular weight is 141 g/mol. The van der Waals surface area contributed by atoms with Crippen LogP contribution in [-0.2, 0) is 16.3 Å². The first kappa shape index (κ1) is 6.29. The van der Waals surface area contributed by atoms with Crippen molar-refractivity contribution in [2.75, 3.05) is 0 Å². The lowest BCUT2D eigenvalue weighted by atomic mass is 10.3. The zero-order valence-electron chi connectivity index (χ0n) is 4.66. The Morgan fingerprint density at radius 3 is 2.89 bits per heavy atom. The summed E-state index contributed by atoms with van der Waals surface area (Å²) in [6, 6.07) is 3.60. The van der Waals surface area contributed by atoms with Gasteiger partial charge >= 0.3 is 5.97 Å². The fourth-order valence-electron chi connectivity index (χ4n) is 0.555. The molecule has 0 bridgehead atoms. The van der Waals surface area contributed by atoms with Crippen LogP contribution in [0.5, 0.6) is 0 Å². The molecule has 0 aliphatic heterocycles. The van der Waals surface area contributed by atoms with Crippen molar-refractivity contribution in [3.63, 3.8) is 0 Å². The van der Waals surface area contributed by atoms with Crippen molar-refractivity contribution in [1.29, 1.82) is 0 Å². The van der Waals surface area contributed by atoms with Gasteiger partial charge in [-0.05, 0) is 11.4 Å². The van der Waals surface area contributed by atoms with E-state index in [1.54, 1.807) is 6.07 Å². The highest BCUT2D eigenvalue weighted by Gasteiger charge is 2.01. The summed E-state index contributed by atoms with van der Waals surface area (Å²) in [6.45, 7) is 0. The van der Waals surface area contributed by atoms with Crippen LogP contribution in [0.25, 0.3) is 0 Å². The summed E-state index contributed by atoms with van der Waals surface area (Å²) in [7, 11) is 0. The van der Waals surface area contributed by atoms with Crippen molar-refractivity contribution in [2.45, 2.75) is 6.42 Å². The highest BCUT2D eigenvalue weighted by Crippen LogP contribution is 2.08. The first-order valence-corrected chi connectivity index (χ1v) is 3.39. The first-order chi connectivity index (χ1) is 4.29. The van der Waals surface area contributed by atoms with Gasteiger partial charge in [0.2, 0.25) is 0 Å². The van der Waals surface area contributed by atoms with Crippen LogP contribution in [0.15, 0.2) is 17.5 Å². The first-order valence-electron chi connectivity index (χ1n) is 2.51. The van der Waals surface area contributed by atoms with Crippen molar-refractivity contribution < 1.29 is 9.90 Å². The lowest BCUT2D eigenvalue weighted by Gasteiger charge is -1.82. The molecule has 0 saturated heterocycles. The Hall–Kier alpha value is -0.830. The van der Waals surface area contributed by atoms with E-state index < -0.39 is 5.97 Å². The predicted octanol–water partition coefficient (Wildman–Crippen LogP) is 1.25. The van der Waals surface area contributed by atoms with Crippen molar-refractivity contribution in [2.24, 2.45) is 0 Å². The number of hydrogen-bond donors (Lipinski definition) is 0. The lowest BCUT2D eigenvalue weighted by Crippen LogP contribution is -1.94. The second kappa shape index (κ2) is 2.64. The molecule has 0 fully saturated rings. The maximum Gasteiger partial charge on any atom is 0.360 e. The van der Waals surface area contributed by atoms with Gasteiger partial charge in [0.05, 0.1) is 6.42 Å². The zero-order valence-corrected chi connectivity index (χ0v) is 5.48. The Balaban J connectivity index is 2.58. The minimum absolute atomic E-state index is 0.0394. The maximum atomic E-state index is 9.96. The molecule has 0 aliphatic rings. The van der Waals surface area contributed by atoms with E-state index >= 15 is 0 Å². The molecule has 0 spiro atoms. The Morgan fingerprint density at radius 2 is 2.44 bits per heavy atom. The van der Waals surface area contributed by atoms with E-state index in [4.69, 9.17) is 0 Å². The molecule has 47 valence electrons. The average Bonchev–Trinajstić information content (AvgIpc) is 2.15. The molecule has 1 heterocycles. The van der Waals surface area contributed by atoms with Crippen LogP contribution in [0.4, 0.5) is 0 Å². The van der Waals surface area contributed by atoms with Gasteiger partial charge in [0, 0.05) is 4.88 Å². The monoisotopic (exact) mass is 141 g/mol. The number of thiophene rings is 1. The van der Waals surface area contributed by atoms with E-state index in [1.165, 1.54) is 11.3 Å². The van der Waals surface area contributed by atoms with Crippen LogP contribution in [-0.4, -0.2) is 5.97 Å². The Labute approximate surface area is 56.8 Å². The van der Waals surface area contributed by atoms with Crippen molar-refractivity contribution >= 4 is 17.3 Å². The zero-order chi connectivity index (χ0) is 6.69. The van der Waals surface area contributed by atoms with Gasteiger partial charge in [-0.3, -0.25) is 0 Å². The van der Waals surface area contributed by atoms with Gasteiger partial charge < -0.3 is 0 Å². The molecule has 0 saturated carbocycles. The molecule has 0 atom stereocenters. The predicted molar refractivity (Wildman–Crippen MR) is 33.7 cm³/mol. The van der Waals surface area contributed by atoms with Crippen LogP contribution in [0.2, 0.25) is 0 Å². The molecule has 0 aliphatic carbocycles. The molecule has 0 amide bonds. The lowest BCUT2D eigenvalue weighted by molar-refractivity contribution is -0.142. The Bertz CT molecular complexity index is 191. The van der Waals surface area contributed by atoms with E-state index in [-0.39, 0.29) is 6.42 Å². The summed E-state index contributed by atoms with van der Waals surface area (Å²) in [5.74, 6) is -1.02. The largest absolute Gasteiger partial charge is 0.360 e. The molecule has 3 heteroatoms. The van der Waals surface area contributed by atoms with Gasteiger partial charge in [-0.25, -0.2) is 9.90 Å². The molecule has 9 heavy (non-hydrogen) atoms. The summed E-state index contributed by atoms with van der Waals surface area (Å²) in [5, 5.41) is 11.8. The van der Waals surface area contributed by atoms with Crippen LogP contribution in [0, 0.1) is 0 Å². The minimum atomic E-state index is -1.02. The fourth-order valence-corrected chi connectivity index (χ4v) is 1.25. The van der Waals surface area contributed by atoms with Gasteiger partial charge in [0.15, 0.2) is 0 Å². The molecule has 0 unspecified atom stereocenters. The van der Waals surface area contributed by atoms with E-state index in [9.17, 15) is 9.90 Å². The van der Waals surface area contributed by atoms with Gasteiger partial charge in [0.25, 0.3) is 0 Å². The summed E-state index contributed by atoms with van der Waals surface area (Å²) in [4.78, 5) is 10.8. The summed E-state index contributed by atoms with van der Waals surface area (Å²) >= 11 is 1.43. The molecule has 1 aromatic heterocycles. The number of hydrogen-bond acceptors (Lipinski definition) is 2. The quantitative estimate of drug-likeness (QED) is 0.610. The third kappa shape index (κ3) is 1.85. The van der Waals surface area contributed by atoms with Gasteiger partial charge in [-0.2, -0.15) is 0 Å². The van der Waals surface area contributed by atoms with E-state index in [1.807, 2.05) is 11.4 Å². The Kier molecular flexibility index (Phi) is 1.85. The van der Waals surface area contributed by atoms with Crippen molar-refractivity contribution in [1.82, 2.24) is 0 Å². The Morgan fingerprint density at radius 1 is 1.67 bits per heavy atom. The summed E-state index contributed by atoms with van der Waals surface area (Å²) in [5.41, 5.74) is 0. The molecule has 0 aromatic carbocycles. The van der Waals surface area contributed by atoms with Gasteiger partial charge in [-0.15, -0.1) is 11.3 Å². The molecule has 1 rings (SSSR count). The number of carbonyl (C=O) groups is 1. The van der Waals surface area contributed by atoms with Crippen LogP contribution in [0.3, 0.4) is 0 Å². The number of carbonyl (C=O) groups excluding carboxylic acids is 1. The highest BCUT2D eigenvalue weighted by atomic mass is 32.1. The molecular formula is C6H5O2S. The van der Waals surface area contributed by atoms with E-state index in [0.29, 0.717) is 0 Å². The second-order valence-corrected chi connectivity index (χ2v) is 2.66. The standard InChI is InChI=1S/C6H5O2S/c7-6(8)4-5-2-1-3-9-5/h1-3H,4H2. The normalized spacial score (nSPS) is 9.33. The van der Waals surface area contributed by atoms with Crippen molar-refractivity contribution in [3.05, 3.63) is 22.4 Å². The van der Waals surface area contributed by atoms with Gasteiger partial charge in [0.1, 0.15) is 0 Å². The van der Waals surface area contributed by atoms with Crippen LogP contribution < -0.4 is 0 Å². The SMILES string of the molecule is [O]C(=O)Cc1cccs1. The van der Waals surface area contributed by atoms with Crippen molar-refractivity contribution in [3.8, 4) is 0 Å². The summed E-state index contributed by atoms with van der Waals surface area (Å²) < 4.78 is 0. The highest BCUT2D eigenvalue weighted by molar-refractivity contribution is 7.10. The minimum Gasteiger partial charge on any atom is -0.247 e. The van der Waals surface area contributed by atoms with E-state index in [0.717, 1.165) is 4.88 Å². The van der Waals surface area contributed by atoms with E-state index in [2.05, 4.69) is 0 Å². The molecular weight excluding hydrogens is 136 g/mol. The molecule has 1 aromatic rings. The maximum absolute atomic E-state index is 9.96. The van der Waals surface area contributed by atoms with Crippen LogP contribution >= 0.6 is 11.3 Å². The smallest absolute Gasteiger partial charge is 0.247 e. The molecule has 0 N–H and O–H groups in total. The second-order valence-electron chi connectivity index (χ2n) is 1.63. The van der Waals surface area contributed by atoms with Gasteiger partial charge in [-0.1, -0.05) is 6.07 Å². The molecule has 1 radical (unpaired) electrons. The third-order valence-corrected chi connectivity index (χ3v) is 1.78. The summed E-state index contributed by atoms with van der Waals surface area (Å²) in [6.07, 6.45) is 0.0394. The topological polar surface area (TPSA) is 37.0 Å². The third-order valence-electron chi connectivity index (χ3n) is 0.899. The van der Waals surface area contributed by atoms with Crippen LogP contribution in [0.1, 0.15) is 4.88 Å².